The molecule has 5 nitrogen and oxygen atoms in total. The molecule has 2 N–H and O–H groups in total. The van der Waals surface area contributed by atoms with Crippen molar-refractivity contribution in [2.75, 3.05) is 6.61 Å². The Hall–Kier alpha value is -3.70. The Morgan fingerprint density at radius 2 is 1.41 bits per heavy atom. The summed E-state index contributed by atoms with van der Waals surface area (Å²) in [6.45, 7) is 2.13. The maximum absolute atomic E-state index is 11.8. The van der Waals surface area contributed by atoms with Gasteiger partial charge in [0.25, 0.3) is 0 Å². The molecule has 0 saturated heterocycles. The molecule has 0 aliphatic heterocycles. The van der Waals surface area contributed by atoms with Crippen LogP contribution in [-0.4, -0.2) is 28.2 Å². The average molecular weight is 454 g/mol. The summed E-state index contributed by atoms with van der Waals surface area (Å²) in [6.07, 6.45) is 6.07. The van der Waals surface area contributed by atoms with E-state index in [1.807, 2.05) is 24.5 Å². The van der Waals surface area contributed by atoms with Crippen molar-refractivity contribution in [3.05, 3.63) is 126 Å². The van der Waals surface area contributed by atoms with Gasteiger partial charge in [-0.1, -0.05) is 91.0 Å². The molecular formula is C29H31N3O2. The largest absolute Gasteiger partial charge is 0.465 e. The van der Waals surface area contributed by atoms with E-state index < -0.39 is 11.6 Å². The first-order valence-corrected chi connectivity index (χ1v) is 11.8. The number of ether oxygens (including phenoxy) is 1. The van der Waals surface area contributed by atoms with E-state index >= 15 is 0 Å². The molecule has 0 bridgehead atoms. The van der Waals surface area contributed by atoms with Crippen LogP contribution in [0.3, 0.4) is 0 Å². The molecule has 174 valence electrons. The molecule has 0 radical (unpaired) electrons. The predicted octanol–water partition coefficient (Wildman–Crippen LogP) is 4.94. The molecule has 4 rings (SSSR count). The van der Waals surface area contributed by atoms with Gasteiger partial charge in [0.15, 0.2) is 0 Å². The topological polar surface area (TPSA) is 70.1 Å². The lowest BCUT2D eigenvalue weighted by molar-refractivity contribution is -0.144. The summed E-state index contributed by atoms with van der Waals surface area (Å²) < 4.78 is 7.22. The summed E-state index contributed by atoms with van der Waals surface area (Å²) in [6, 6.07) is 30.9. The molecule has 0 aliphatic carbocycles. The molecule has 0 spiro atoms. The van der Waals surface area contributed by atoms with Crippen molar-refractivity contribution < 1.29 is 9.53 Å². The van der Waals surface area contributed by atoms with Gasteiger partial charge in [0.1, 0.15) is 11.6 Å². The van der Waals surface area contributed by atoms with Crippen LogP contribution in [-0.2, 0) is 21.5 Å². The van der Waals surface area contributed by atoms with Crippen molar-refractivity contribution in [2.45, 2.75) is 37.8 Å². The van der Waals surface area contributed by atoms with E-state index in [0.29, 0.717) is 13.0 Å². The number of nitrogens with zero attached hydrogens (tertiary/aromatic N) is 2. The molecule has 0 saturated carbocycles. The zero-order valence-corrected chi connectivity index (χ0v) is 19.5. The monoisotopic (exact) mass is 453 g/mol. The highest BCUT2D eigenvalue weighted by Gasteiger charge is 2.38. The fraction of sp³-hybridized carbons (Fsp3) is 0.241. The number of rotatable bonds is 10. The van der Waals surface area contributed by atoms with Crippen LogP contribution in [0, 0.1) is 0 Å². The van der Waals surface area contributed by atoms with E-state index in [-0.39, 0.29) is 5.97 Å². The summed E-state index contributed by atoms with van der Waals surface area (Å²) in [5.74, 6) is -0.343. The molecule has 1 heterocycles. The fourth-order valence-corrected chi connectivity index (χ4v) is 4.53. The van der Waals surface area contributed by atoms with Gasteiger partial charge in [-0.15, -0.1) is 0 Å². The van der Waals surface area contributed by atoms with Crippen LogP contribution in [0.4, 0.5) is 0 Å². The first kappa shape index (κ1) is 23.5. The Balaban J connectivity index is 1.72. The Bertz CT molecular complexity index is 1080. The van der Waals surface area contributed by atoms with Gasteiger partial charge in [-0.05, 0) is 42.9 Å². The first-order chi connectivity index (χ1) is 16.7. The van der Waals surface area contributed by atoms with Gasteiger partial charge in [0, 0.05) is 6.20 Å². The van der Waals surface area contributed by atoms with Crippen LogP contribution in [0.15, 0.2) is 104 Å². The van der Waals surface area contributed by atoms with E-state index in [1.165, 1.54) is 0 Å². The summed E-state index contributed by atoms with van der Waals surface area (Å²) in [7, 11) is 0. The van der Waals surface area contributed by atoms with Crippen molar-refractivity contribution >= 4 is 5.97 Å². The molecule has 3 aromatic carbocycles. The number of carbonyl (C=O) groups excluding carboxylic acids is 1. The maximum Gasteiger partial charge on any atom is 0.322 e. The first-order valence-electron chi connectivity index (χ1n) is 11.8. The zero-order valence-electron chi connectivity index (χ0n) is 19.5. The second-order valence-corrected chi connectivity index (χ2v) is 8.33. The van der Waals surface area contributed by atoms with E-state index in [9.17, 15) is 4.79 Å². The number of aryl methyl sites for hydroxylation is 1. The van der Waals surface area contributed by atoms with E-state index in [4.69, 9.17) is 15.5 Å². The van der Waals surface area contributed by atoms with Gasteiger partial charge in [-0.3, -0.25) is 4.79 Å². The van der Waals surface area contributed by atoms with Crippen LogP contribution in [0.2, 0.25) is 0 Å². The molecule has 1 aromatic heterocycles. The Labute approximate surface area is 201 Å². The predicted molar refractivity (Wildman–Crippen MR) is 134 cm³/mol. The van der Waals surface area contributed by atoms with Gasteiger partial charge in [0.2, 0.25) is 0 Å². The quantitative estimate of drug-likeness (QED) is 0.273. The lowest BCUT2D eigenvalue weighted by Gasteiger charge is -2.37. The van der Waals surface area contributed by atoms with Crippen molar-refractivity contribution in [3.63, 3.8) is 0 Å². The lowest BCUT2D eigenvalue weighted by atomic mass is 9.77. The van der Waals surface area contributed by atoms with Crippen LogP contribution < -0.4 is 5.73 Å². The molecule has 0 aliphatic rings. The van der Waals surface area contributed by atoms with Gasteiger partial charge in [-0.2, -0.15) is 0 Å². The Kier molecular flexibility index (Phi) is 7.55. The van der Waals surface area contributed by atoms with Crippen molar-refractivity contribution in [2.24, 2.45) is 5.73 Å². The smallest absolute Gasteiger partial charge is 0.322 e. The van der Waals surface area contributed by atoms with Gasteiger partial charge < -0.3 is 15.0 Å². The number of hydrogen-bond acceptors (Lipinski definition) is 4. The van der Waals surface area contributed by atoms with Crippen molar-refractivity contribution in [3.8, 4) is 0 Å². The van der Waals surface area contributed by atoms with E-state index in [2.05, 4.69) is 83.6 Å². The highest BCUT2D eigenvalue weighted by Crippen LogP contribution is 2.40. The summed E-state index contributed by atoms with van der Waals surface area (Å²) in [5.41, 5.74) is 9.82. The van der Waals surface area contributed by atoms with Crippen LogP contribution in [0.5, 0.6) is 0 Å². The van der Waals surface area contributed by atoms with E-state index in [1.54, 1.807) is 6.92 Å². The number of benzene rings is 3. The molecule has 5 heteroatoms. The second kappa shape index (κ2) is 10.9. The van der Waals surface area contributed by atoms with Crippen molar-refractivity contribution in [1.82, 2.24) is 9.55 Å². The zero-order chi connectivity index (χ0) is 23.8. The van der Waals surface area contributed by atoms with Gasteiger partial charge in [-0.25, -0.2) is 4.98 Å². The average Bonchev–Trinajstić information content (AvgIpc) is 3.35. The van der Waals surface area contributed by atoms with Crippen molar-refractivity contribution in [1.29, 1.82) is 0 Å². The Morgan fingerprint density at radius 3 is 1.88 bits per heavy atom. The minimum Gasteiger partial charge on any atom is -0.465 e. The SMILES string of the molecule is CCOC(=O)[C@@H](N)CCCc1cn(C(c2ccccc2)(c2ccccc2)c2ccccc2)cn1. The third kappa shape index (κ3) is 4.80. The summed E-state index contributed by atoms with van der Waals surface area (Å²) >= 11 is 0. The summed E-state index contributed by atoms with van der Waals surface area (Å²) in [4.78, 5) is 16.6. The summed E-state index contributed by atoms with van der Waals surface area (Å²) in [5, 5.41) is 0. The van der Waals surface area contributed by atoms with Gasteiger partial charge >= 0.3 is 5.97 Å². The molecule has 34 heavy (non-hydrogen) atoms. The standard InChI is InChI=1S/C29H31N3O2/c1-2-34-28(33)27(30)20-12-19-26-21-32(22-31-26)29(23-13-6-3-7-14-23,24-15-8-4-9-16-24)25-17-10-5-11-18-25/h3-11,13-18,21-22,27H,2,12,19-20,30H2,1H3/t27-/m0/s1. The number of imidazole rings is 1. The van der Waals surface area contributed by atoms with Crippen LogP contribution >= 0.6 is 0 Å². The molecule has 0 amide bonds. The van der Waals surface area contributed by atoms with Crippen LogP contribution in [0.25, 0.3) is 0 Å². The number of hydrogen-bond donors (Lipinski definition) is 1. The van der Waals surface area contributed by atoms with Gasteiger partial charge in [0.05, 0.1) is 18.6 Å². The highest BCUT2D eigenvalue weighted by atomic mass is 16.5. The molecule has 0 fully saturated rings. The van der Waals surface area contributed by atoms with Crippen LogP contribution in [0.1, 0.15) is 42.1 Å². The lowest BCUT2D eigenvalue weighted by Crippen LogP contribution is -2.36. The highest BCUT2D eigenvalue weighted by molar-refractivity contribution is 5.75. The third-order valence-electron chi connectivity index (χ3n) is 6.14. The third-order valence-corrected chi connectivity index (χ3v) is 6.14. The molecular weight excluding hydrogens is 422 g/mol. The minimum absolute atomic E-state index is 0.343. The second-order valence-electron chi connectivity index (χ2n) is 8.33. The number of nitrogens with two attached hydrogens (primary N) is 1. The maximum atomic E-state index is 11.8. The van der Waals surface area contributed by atoms with E-state index in [0.717, 1.165) is 35.2 Å². The molecule has 1 atom stereocenters. The molecule has 0 unspecified atom stereocenters. The fourth-order valence-electron chi connectivity index (χ4n) is 4.53. The normalized spacial score (nSPS) is 12.3. The number of aromatic nitrogens is 2. The number of esters is 1. The Morgan fingerprint density at radius 1 is 0.912 bits per heavy atom. The molecule has 4 aromatic rings. The minimum atomic E-state index is -0.598. The number of carbonyl (C=O) groups is 1.